The van der Waals surface area contributed by atoms with Crippen LogP contribution in [0.2, 0.25) is 0 Å². The van der Waals surface area contributed by atoms with Crippen LogP contribution < -0.4 is 20.5 Å². The Bertz CT molecular complexity index is 1130. The Kier molecular flexibility index (Phi) is 6.88. The minimum atomic E-state index is -1.32. The third kappa shape index (κ3) is 5.83. The number of benzene rings is 2. The van der Waals surface area contributed by atoms with E-state index in [0.29, 0.717) is 21.7 Å². The van der Waals surface area contributed by atoms with Crippen LogP contribution in [-0.4, -0.2) is 24.9 Å². The molecular weight excluding hydrogens is 468 g/mol. The lowest BCUT2D eigenvalue weighted by molar-refractivity contribution is -0.255. The van der Waals surface area contributed by atoms with Crippen molar-refractivity contribution in [2.24, 2.45) is 0 Å². The van der Waals surface area contributed by atoms with E-state index in [-0.39, 0.29) is 17.0 Å². The Balaban J connectivity index is 1.85. The van der Waals surface area contributed by atoms with Crippen molar-refractivity contribution in [1.29, 1.82) is 0 Å². The number of anilines is 1. The number of ether oxygens (including phenoxy) is 1. The predicted octanol–water partition coefficient (Wildman–Crippen LogP) is 2.82. The second-order valence-corrected chi connectivity index (χ2v) is 6.99. The number of methoxy groups -OCH3 is 1. The van der Waals surface area contributed by atoms with Crippen LogP contribution in [0.5, 0.6) is 5.75 Å². The SMILES string of the molecule is COc1ccc(/C=C(\NC(=O)c2ccc(Br)o2)C(=O)Nc2ccc(C(=O)[O-])cc2)cc1. The van der Waals surface area contributed by atoms with Gasteiger partial charge in [0.1, 0.15) is 11.4 Å². The summed E-state index contributed by atoms with van der Waals surface area (Å²) < 4.78 is 10.7. The number of carbonyl (C=O) groups excluding carboxylic acids is 3. The quantitative estimate of drug-likeness (QED) is 0.498. The summed E-state index contributed by atoms with van der Waals surface area (Å²) in [6.07, 6.45) is 1.49. The van der Waals surface area contributed by atoms with Gasteiger partial charge in [-0.3, -0.25) is 9.59 Å². The molecule has 2 amide bonds. The van der Waals surface area contributed by atoms with Crippen molar-refractivity contribution < 1.29 is 28.6 Å². The van der Waals surface area contributed by atoms with Crippen molar-refractivity contribution in [3.05, 3.63) is 87.9 Å². The summed E-state index contributed by atoms with van der Waals surface area (Å²) in [6, 6.07) is 15.3. The van der Waals surface area contributed by atoms with Gasteiger partial charge in [-0.05, 0) is 69.5 Å². The van der Waals surface area contributed by atoms with Gasteiger partial charge in [-0.2, -0.15) is 0 Å². The summed E-state index contributed by atoms with van der Waals surface area (Å²) in [7, 11) is 1.54. The molecule has 3 rings (SSSR count). The summed E-state index contributed by atoms with van der Waals surface area (Å²) in [5.41, 5.74) is 0.903. The zero-order valence-corrected chi connectivity index (χ0v) is 17.8. The van der Waals surface area contributed by atoms with E-state index >= 15 is 0 Å². The van der Waals surface area contributed by atoms with Gasteiger partial charge in [-0.25, -0.2) is 0 Å². The lowest BCUT2D eigenvalue weighted by Crippen LogP contribution is -2.30. The van der Waals surface area contributed by atoms with Gasteiger partial charge in [0.2, 0.25) is 0 Å². The van der Waals surface area contributed by atoms with Crippen LogP contribution >= 0.6 is 15.9 Å². The topological polar surface area (TPSA) is 121 Å². The number of carboxylic acid groups (broad SMARTS) is 1. The van der Waals surface area contributed by atoms with Gasteiger partial charge in [0, 0.05) is 5.69 Å². The average molecular weight is 484 g/mol. The van der Waals surface area contributed by atoms with E-state index in [0.717, 1.165) is 0 Å². The average Bonchev–Trinajstić information content (AvgIpc) is 3.20. The van der Waals surface area contributed by atoms with Crippen LogP contribution in [0.25, 0.3) is 6.08 Å². The van der Waals surface area contributed by atoms with Crippen molar-refractivity contribution in [2.75, 3.05) is 12.4 Å². The van der Waals surface area contributed by atoms with Crippen LogP contribution in [0.1, 0.15) is 26.5 Å². The molecule has 0 fully saturated rings. The van der Waals surface area contributed by atoms with Crippen molar-refractivity contribution >= 4 is 45.5 Å². The van der Waals surface area contributed by atoms with Crippen LogP contribution in [0, 0.1) is 0 Å². The van der Waals surface area contributed by atoms with E-state index in [2.05, 4.69) is 26.6 Å². The molecule has 0 aliphatic rings. The highest BCUT2D eigenvalue weighted by molar-refractivity contribution is 9.10. The number of hydrogen-bond acceptors (Lipinski definition) is 6. The highest BCUT2D eigenvalue weighted by atomic mass is 79.9. The number of halogens is 1. The number of furan rings is 1. The fraction of sp³-hybridized carbons (Fsp3) is 0.0455. The number of carbonyl (C=O) groups is 3. The molecule has 9 heteroatoms. The Hall–Kier alpha value is -3.85. The summed E-state index contributed by atoms with van der Waals surface area (Å²) in [5.74, 6) is -1.90. The molecule has 158 valence electrons. The van der Waals surface area contributed by atoms with Gasteiger partial charge in [0.05, 0.1) is 13.1 Å². The summed E-state index contributed by atoms with van der Waals surface area (Å²) in [4.78, 5) is 36.2. The van der Waals surface area contributed by atoms with Gasteiger partial charge in [-0.1, -0.05) is 24.3 Å². The number of carboxylic acids is 1. The first-order chi connectivity index (χ1) is 14.9. The third-order valence-corrected chi connectivity index (χ3v) is 4.52. The lowest BCUT2D eigenvalue weighted by Gasteiger charge is -2.11. The normalized spacial score (nSPS) is 11.0. The maximum absolute atomic E-state index is 12.8. The molecule has 0 radical (unpaired) electrons. The molecule has 2 aromatic carbocycles. The van der Waals surface area contributed by atoms with Crippen molar-refractivity contribution in [1.82, 2.24) is 5.32 Å². The van der Waals surface area contributed by atoms with Gasteiger partial charge >= 0.3 is 0 Å². The molecule has 2 N–H and O–H groups in total. The number of nitrogens with one attached hydrogen (secondary N) is 2. The molecule has 0 unspecified atom stereocenters. The summed E-state index contributed by atoms with van der Waals surface area (Å²) in [6.45, 7) is 0. The van der Waals surface area contributed by atoms with E-state index in [1.165, 1.54) is 43.5 Å². The Morgan fingerprint density at radius 2 is 1.68 bits per heavy atom. The zero-order valence-electron chi connectivity index (χ0n) is 16.2. The fourth-order valence-corrected chi connectivity index (χ4v) is 2.84. The molecule has 0 saturated heterocycles. The molecular formula is C22H16BrN2O6-. The van der Waals surface area contributed by atoms with Crippen LogP contribution in [0.15, 0.2) is 75.4 Å². The van der Waals surface area contributed by atoms with Crippen molar-refractivity contribution in [2.45, 2.75) is 0 Å². The highest BCUT2D eigenvalue weighted by Gasteiger charge is 2.17. The van der Waals surface area contributed by atoms with E-state index in [1.807, 2.05) is 0 Å². The predicted molar refractivity (Wildman–Crippen MR) is 114 cm³/mol. The van der Waals surface area contributed by atoms with Crippen molar-refractivity contribution in [3.8, 4) is 5.75 Å². The van der Waals surface area contributed by atoms with Gasteiger partial charge in [-0.15, -0.1) is 0 Å². The molecule has 0 aliphatic heterocycles. The summed E-state index contributed by atoms with van der Waals surface area (Å²) >= 11 is 3.12. The smallest absolute Gasteiger partial charge is 0.291 e. The first kappa shape index (κ1) is 21.8. The largest absolute Gasteiger partial charge is 0.545 e. The highest BCUT2D eigenvalue weighted by Crippen LogP contribution is 2.17. The lowest BCUT2D eigenvalue weighted by atomic mass is 10.1. The van der Waals surface area contributed by atoms with Crippen molar-refractivity contribution in [3.63, 3.8) is 0 Å². The molecule has 8 nitrogen and oxygen atoms in total. The van der Waals surface area contributed by atoms with Gasteiger partial charge in [0.25, 0.3) is 11.8 Å². The minimum absolute atomic E-state index is 0.0126. The second kappa shape index (κ2) is 9.77. The molecule has 0 saturated carbocycles. The first-order valence-corrected chi connectivity index (χ1v) is 9.70. The molecule has 0 spiro atoms. The third-order valence-electron chi connectivity index (χ3n) is 4.10. The number of rotatable bonds is 7. The molecule has 0 aliphatic carbocycles. The van der Waals surface area contributed by atoms with Crippen LogP contribution in [0.4, 0.5) is 5.69 Å². The van der Waals surface area contributed by atoms with E-state index in [4.69, 9.17) is 9.15 Å². The molecule has 0 atom stereocenters. The zero-order chi connectivity index (χ0) is 22.4. The van der Waals surface area contributed by atoms with Crippen LogP contribution in [-0.2, 0) is 4.79 Å². The summed E-state index contributed by atoms with van der Waals surface area (Å²) in [5, 5.41) is 16.0. The Morgan fingerprint density at radius 1 is 1.00 bits per heavy atom. The van der Waals surface area contributed by atoms with E-state index < -0.39 is 17.8 Å². The van der Waals surface area contributed by atoms with Gasteiger partial charge < -0.3 is 29.7 Å². The molecule has 0 bridgehead atoms. The maximum Gasteiger partial charge on any atom is 0.291 e. The second-order valence-electron chi connectivity index (χ2n) is 6.21. The maximum atomic E-state index is 12.8. The van der Waals surface area contributed by atoms with E-state index in [1.54, 1.807) is 30.3 Å². The number of amides is 2. The Morgan fingerprint density at radius 3 is 2.23 bits per heavy atom. The molecule has 1 heterocycles. The molecule has 1 aromatic heterocycles. The standard InChI is InChI=1S/C22H17BrN2O6/c1-30-16-8-2-13(3-9-16)12-17(25-21(27)18-10-11-19(23)31-18)20(26)24-15-6-4-14(5-7-15)22(28)29/h2-12H,1H3,(H,24,26)(H,25,27)(H,28,29)/p-1/b17-12-. The van der Waals surface area contributed by atoms with E-state index in [9.17, 15) is 19.5 Å². The Labute approximate surface area is 185 Å². The van der Waals surface area contributed by atoms with Crippen LogP contribution in [0.3, 0.4) is 0 Å². The minimum Gasteiger partial charge on any atom is -0.545 e. The fourth-order valence-electron chi connectivity index (χ4n) is 2.53. The monoisotopic (exact) mass is 483 g/mol. The van der Waals surface area contributed by atoms with Gasteiger partial charge in [0.15, 0.2) is 10.4 Å². The first-order valence-electron chi connectivity index (χ1n) is 8.91. The molecule has 31 heavy (non-hydrogen) atoms. The number of aromatic carboxylic acids is 1. The number of hydrogen-bond donors (Lipinski definition) is 2. The molecule has 3 aromatic rings.